The third-order valence-electron chi connectivity index (χ3n) is 2.95. The molecule has 10 heteroatoms. The van der Waals surface area contributed by atoms with Crippen LogP contribution in [0.25, 0.3) is 0 Å². The second kappa shape index (κ2) is 10.3. The lowest BCUT2D eigenvalue weighted by molar-refractivity contribution is -0.140. The summed E-state index contributed by atoms with van der Waals surface area (Å²) in [7, 11) is 0. The zero-order chi connectivity index (χ0) is 18.8. The minimum Gasteiger partial charge on any atom is -0.480 e. The highest BCUT2D eigenvalue weighted by Gasteiger charge is 2.19. The number of nitrogens with zero attached hydrogens (tertiary/aromatic N) is 1. The van der Waals surface area contributed by atoms with E-state index in [1.54, 1.807) is 30.3 Å². The van der Waals surface area contributed by atoms with Gasteiger partial charge < -0.3 is 21.3 Å². The number of nitrogens with one attached hydrogen (secondary N) is 1. The molecule has 1 atom stereocenters. The van der Waals surface area contributed by atoms with E-state index in [2.05, 4.69) is 5.32 Å². The van der Waals surface area contributed by atoms with Gasteiger partial charge in [-0.05, 0) is 30.5 Å². The van der Waals surface area contributed by atoms with Crippen molar-refractivity contribution < 1.29 is 29.4 Å². The van der Waals surface area contributed by atoms with Gasteiger partial charge in [-0.1, -0.05) is 18.2 Å². The van der Waals surface area contributed by atoms with Crippen LogP contribution in [-0.2, 0) is 19.2 Å². The molecule has 0 fully saturated rings. The summed E-state index contributed by atoms with van der Waals surface area (Å²) in [4.78, 5) is 45.9. The summed E-state index contributed by atoms with van der Waals surface area (Å²) in [6.45, 7) is -0.924. The van der Waals surface area contributed by atoms with Crippen LogP contribution in [-0.4, -0.2) is 57.4 Å². The minimum absolute atomic E-state index is 0.0625. The Balaban J connectivity index is 2.53. The van der Waals surface area contributed by atoms with Gasteiger partial charge in [0.2, 0.25) is 5.91 Å². The Labute approximate surface area is 148 Å². The van der Waals surface area contributed by atoms with E-state index >= 15 is 0 Å². The second-order valence-electron chi connectivity index (χ2n) is 4.99. The molecular formula is C15H19N3O6S. The van der Waals surface area contributed by atoms with Crippen LogP contribution in [0.1, 0.15) is 12.8 Å². The van der Waals surface area contributed by atoms with E-state index in [1.165, 1.54) is 0 Å². The molecule has 0 radical (unpaired) electrons. The maximum atomic E-state index is 12.1. The molecule has 0 saturated heterocycles. The molecule has 0 aliphatic carbocycles. The molecule has 1 aromatic rings. The molecule has 0 spiro atoms. The van der Waals surface area contributed by atoms with Crippen molar-refractivity contribution in [3.8, 4) is 0 Å². The van der Waals surface area contributed by atoms with Crippen LogP contribution in [0.2, 0.25) is 0 Å². The first-order chi connectivity index (χ1) is 11.8. The Bertz CT molecular complexity index is 625. The first-order valence-corrected chi connectivity index (χ1v) is 8.07. The molecule has 1 rings (SSSR count). The Kier molecular flexibility index (Phi) is 8.44. The van der Waals surface area contributed by atoms with Gasteiger partial charge in [0.05, 0.1) is 6.54 Å². The third-order valence-corrected chi connectivity index (χ3v) is 3.99. The van der Waals surface area contributed by atoms with E-state index in [4.69, 9.17) is 15.9 Å². The minimum atomic E-state index is -1.21. The van der Waals surface area contributed by atoms with Crippen molar-refractivity contribution in [3.63, 3.8) is 0 Å². The molecule has 136 valence electrons. The third kappa shape index (κ3) is 8.18. The number of carbonyl (C=O) groups excluding carboxylic acids is 2. The second-order valence-corrected chi connectivity index (χ2v) is 6.08. The van der Waals surface area contributed by atoms with Crippen molar-refractivity contribution >= 4 is 35.7 Å². The molecule has 1 aromatic carbocycles. The number of carboxylic acids is 2. The molecule has 2 amide bonds. The molecule has 0 unspecified atom stereocenters. The Morgan fingerprint density at radius 1 is 1.16 bits per heavy atom. The molecule has 9 nitrogen and oxygen atoms in total. The van der Waals surface area contributed by atoms with Gasteiger partial charge in [-0.2, -0.15) is 0 Å². The number of rotatable bonds is 10. The summed E-state index contributed by atoms with van der Waals surface area (Å²) in [5, 5.41) is 19.9. The lowest BCUT2D eigenvalue weighted by Gasteiger charge is -2.19. The molecule has 0 aliphatic rings. The molecule has 0 aromatic heterocycles. The van der Waals surface area contributed by atoms with E-state index in [0.717, 1.165) is 16.3 Å². The van der Waals surface area contributed by atoms with Crippen LogP contribution >= 0.6 is 11.9 Å². The number of aliphatic carboxylic acids is 2. The maximum absolute atomic E-state index is 12.1. The Morgan fingerprint density at radius 3 is 2.36 bits per heavy atom. The van der Waals surface area contributed by atoms with Gasteiger partial charge in [0, 0.05) is 11.3 Å². The predicted molar refractivity (Wildman–Crippen MR) is 89.5 cm³/mol. The first-order valence-electron chi connectivity index (χ1n) is 7.30. The summed E-state index contributed by atoms with van der Waals surface area (Å²) in [6.07, 6.45) is -0.210. The van der Waals surface area contributed by atoms with Crippen LogP contribution in [0, 0.1) is 0 Å². The Morgan fingerprint density at radius 2 is 1.80 bits per heavy atom. The molecule has 25 heavy (non-hydrogen) atoms. The highest BCUT2D eigenvalue weighted by atomic mass is 32.2. The fourth-order valence-corrected chi connectivity index (χ4v) is 2.54. The smallest absolute Gasteiger partial charge is 0.324 e. The van der Waals surface area contributed by atoms with Crippen molar-refractivity contribution in [3.05, 3.63) is 30.3 Å². The van der Waals surface area contributed by atoms with Crippen molar-refractivity contribution in [1.82, 2.24) is 9.62 Å². The van der Waals surface area contributed by atoms with Gasteiger partial charge in [-0.15, -0.1) is 0 Å². The first kappa shape index (κ1) is 20.5. The summed E-state index contributed by atoms with van der Waals surface area (Å²) in [5.74, 6) is -3.52. The standard InChI is InChI=1S/C15H19N3O6S/c16-11(15(23)24)6-7-12(19)17-8-13(20)18(9-14(21)22)25-10-4-2-1-3-5-10/h1-5,11H,6-9,16H2,(H,17,19)(H,21,22)(H,23,24)/t11-/m0/s1. The topological polar surface area (TPSA) is 150 Å². The van der Waals surface area contributed by atoms with E-state index in [-0.39, 0.29) is 12.8 Å². The number of hydrogen-bond acceptors (Lipinski definition) is 6. The molecular weight excluding hydrogens is 350 g/mol. The normalized spacial score (nSPS) is 11.4. The number of hydrogen-bond donors (Lipinski definition) is 4. The number of carboxylic acid groups (broad SMARTS) is 2. The number of carbonyl (C=O) groups is 4. The van der Waals surface area contributed by atoms with Crippen LogP contribution in [0.3, 0.4) is 0 Å². The van der Waals surface area contributed by atoms with E-state index in [1.807, 2.05) is 0 Å². The monoisotopic (exact) mass is 369 g/mol. The fraction of sp³-hybridized carbons (Fsp3) is 0.333. The van der Waals surface area contributed by atoms with Gasteiger partial charge in [-0.3, -0.25) is 23.5 Å². The Hall–Kier alpha value is -2.59. The van der Waals surface area contributed by atoms with Gasteiger partial charge in [0.25, 0.3) is 5.91 Å². The number of benzene rings is 1. The molecule has 0 aliphatic heterocycles. The van der Waals surface area contributed by atoms with Crippen LogP contribution in [0.15, 0.2) is 35.2 Å². The SMILES string of the molecule is N[C@@H](CCC(=O)NCC(=O)N(CC(=O)O)Sc1ccccc1)C(=O)O. The lowest BCUT2D eigenvalue weighted by Crippen LogP contribution is -2.39. The van der Waals surface area contributed by atoms with Crippen molar-refractivity contribution in [2.75, 3.05) is 13.1 Å². The highest BCUT2D eigenvalue weighted by Crippen LogP contribution is 2.21. The van der Waals surface area contributed by atoms with Crippen molar-refractivity contribution in [2.45, 2.75) is 23.8 Å². The summed E-state index contributed by atoms with van der Waals surface area (Å²) < 4.78 is 1.03. The van der Waals surface area contributed by atoms with E-state index in [9.17, 15) is 19.2 Å². The van der Waals surface area contributed by atoms with Gasteiger partial charge in [-0.25, -0.2) is 0 Å². The molecule has 0 bridgehead atoms. The zero-order valence-electron chi connectivity index (χ0n) is 13.3. The molecule has 0 heterocycles. The lowest BCUT2D eigenvalue weighted by atomic mass is 10.1. The van der Waals surface area contributed by atoms with Gasteiger partial charge in [0.1, 0.15) is 12.6 Å². The van der Waals surface area contributed by atoms with Crippen LogP contribution < -0.4 is 11.1 Å². The van der Waals surface area contributed by atoms with Gasteiger partial charge in [0.15, 0.2) is 0 Å². The maximum Gasteiger partial charge on any atom is 0.324 e. The van der Waals surface area contributed by atoms with E-state index in [0.29, 0.717) is 4.90 Å². The van der Waals surface area contributed by atoms with Crippen LogP contribution in [0.4, 0.5) is 0 Å². The number of nitrogens with two attached hydrogens (primary N) is 1. The van der Waals surface area contributed by atoms with E-state index < -0.39 is 42.9 Å². The predicted octanol–water partition coefficient (Wildman–Crippen LogP) is -0.0848. The average molecular weight is 369 g/mol. The quantitative estimate of drug-likeness (QED) is 0.418. The van der Waals surface area contributed by atoms with Crippen LogP contribution in [0.5, 0.6) is 0 Å². The highest BCUT2D eigenvalue weighted by molar-refractivity contribution is 7.97. The summed E-state index contributed by atoms with van der Waals surface area (Å²) >= 11 is 0.953. The van der Waals surface area contributed by atoms with Crippen molar-refractivity contribution in [2.24, 2.45) is 5.73 Å². The molecule has 5 N–H and O–H groups in total. The van der Waals surface area contributed by atoms with Crippen molar-refractivity contribution in [1.29, 1.82) is 0 Å². The number of amides is 2. The van der Waals surface area contributed by atoms with Gasteiger partial charge >= 0.3 is 11.9 Å². The summed E-state index contributed by atoms with van der Waals surface area (Å²) in [5.41, 5.74) is 5.29. The zero-order valence-corrected chi connectivity index (χ0v) is 14.1. The fourth-order valence-electron chi connectivity index (χ4n) is 1.66. The largest absolute Gasteiger partial charge is 0.480 e. The average Bonchev–Trinajstić information content (AvgIpc) is 2.57. The summed E-state index contributed by atoms with van der Waals surface area (Å²) in [6, 6.07) is 7.57. The molecule has 0 saturated carbocycles.